The van der Waals surface area contributed by atoms with Gasteiger partial charge in [0, 0.05) is 27.8 Å². The average Bonchev–Trinajstić information content (AvgIpc) is 2.98. The van der Waals surface area contributed by atoms with Crippen LogP contribution in [0.15, 0.2) is 81.6 Å². The van der Waals surface area contributed by atoms with Gasteiger partial charge >= 0.3 is 11.9 Å². The molecular weight excluding hydrogens is 472 g/mol. The Hall–Kier alpha value is -4.36. The summed E-state index contributed by atoms with van der Waals surface area (Å²) >= 11 is 6.21. The normalized spacial score (nSPS) is 17.9. The van der Waals surface area contributed by atoms with Gasteiger partial charge in [-0.15, -0.1) is 0 Å². The van der Waals surface area contributed by atoms with E-state index in [4.69, 9.17) is 16.0 Å². The molecule has 7 nitrogen and oxygen atoms in total. The van der Waals surface area contributed by atoms with Crippen LogP contribution >= 0.6 is 11.6 Å². The number of benzene rings is 3. The number of aromatic hydroxyl groups is 1. The van der Waals surface area contributed by atoms with Gasteiger partial charge in [0.2, 0.25) is 0 Å². The molecule has 0 saturated carbocycles. The van der Waals surface area contributed by atoms with Crippen molar-refractivity contribution in [1.29, 1.82) is 0 Å². The first-order valence-electron chi connectivity index (χ1n) is 10.5. The van der Waals surface area contributed by atoms with Crippen LogP contribution in [0.1, 0.15) is 12.5 Å². The number of hydrogen-bond donors (Lipinski definition) is 3. The van der Waals surface area contributed by atoms with E-state index in [0.717, 1.165) is 0 Å². The highest BCUT2D eigenvalue weighted by atomic mass is 35.5. The number of carboxylic acids is 2. The summed E-state index contributed by atoms with van der Waals surface area (Å²) in [6, 6.07) is 10.7. The number of phenolic OH excluding ortho intramolecular Hbond substituents is 1. The van der Waals surface area contributed by atoms with E-state index in [-0.39, 0.29) is 32.9 Å². The number of allylic oxidation sites excluding steroid dienone is 2. The molecule has 1 aliphatic rings. The van der Waals surface area contributed by atoms with E-state index in [0.29, 0.717) is 32.7 Å². The minimum atomic E-state index is -1.43. The summed E-state index contributed by atoms with van der Waals surface area (Å²) in [5.74, 6) is -2.61. The molecule has 8 heteroatoms. The van der Waals surface area contributed by atoms with Crippen LogP contribution in [0.3, 0.4) is 0 Å². The van der Waals surface area contributed by atoms with Crippen LogP contribution in [0, 0.1) is 5.41 Å². The number of hydrogen-bond acceptors (Lipinski definition) is 5. The lowest BCUT2D eigenvalue weighted by Gasteiger charge is -2.16. The third kappa shape index (κ3) is 3.57. The van der Waals surface area contributed by atoms with Crippen molar-refractivity contribution in [1.82, 2.24) is 0 Å². The van der Waals surface area contributed by atoms with Crippen molar-refractivity contribution in [2.24, 2.45) is 5.41 Å². The van der Waals surface area contributed by atoms with Crippen molar-refractivity contribution >= 4 is 61.8 Å². The largest absolute Gasteiger partial charge is 0.506 e. The molecule has 1 aromatic heterocycles. The summed E-state index contributed by atoms with van der Waals surface area (Å²) in [4.78, 5) is 36.1. The van der Waals surface area contributed by atoms with Crippen LogP contribution in [0.25, 0.3) is 38.3 Å². The maximum Gasteiger partial charge on any atom is 0.336 e. The molecule has 0 radical (unpaired) electrons. The SMILES string of the molecule is CC1(C(=O)O)C=CC(C(=O)O)=C(c2c3cc(Cl)c(O)cc3oc3c2ccc2cc(=O)ccc23)C=C1. The lowest BCUT2D eigenvalue weighted by molar-refractivity contribution is -0.143. The average molecular weight is 489 g/mol. The molecule has 4 aromatic rings. The predicted octanol–water partition coefficient (Wildman–Crippen LogP) is 5.51. The van der Waals surface area contributed by atoms with Gasteiger partial charge in [0.25, 0.3) is 0 Å². The maximum absolute atomic E-state index is 12.3. The van der Waals surface area contributed by atoms with Crippen LogP contribution < -0.4 is 5.43 Å². The zero-order chi connectivity index (χ0) is 25.1. The van der Waals surface area contributed by atoms with E-state index in [1.54, 1.807) is 18.2 Å². The first kappa shape index (κ1) is 22.4. The summed E-state index contributed by atoms with van der Waals surface area (Å²) < 4.78 is 6.15. The number of carbonyl (C=O) groups is 2. The third-order valence-corrected chi connectivity index (χ3v) is 6.49. The van der Waals surface area contributed by atoms with Gasteiger partial charge in [-0.05, 0) is 54.3 Å². The van der Waals surface area contributed by atoms with Crippen molar-refractivity contribution in [3.8, 4) is 5.75 Å². The fourth-order valence-electron chi connectivity index (χ4n) is 4.25. The van der Waals surface area contributed by atoms with Crippen molar-refractivity contribution in [3.63, 3.8) is 0 Å². The van der Waals surface area contributed by atoms with E-state index in [1.165, 1.54) is 55.5 Å². The van der Waals surface area contributed by atoms with E-state index < -0.39 is 17.4 Å². The number of rotatable bonds is 3. The van der Waals surface area contributed by atoms with Crippen LogP contribution in [0.4, 0.5) is 0 Å². The topological polar surface area (TPSA) is 125 Å². The highest BCUT2D eigenvalue weighted by Gasteiger charge is 2.31. The van der Waals surface area contributed by atoms with Crippen LogP contribution in [-0.4, -0.2) is 27.3 Å². The van der Waals surface area contributed by atoms with Crippen molar-refractivity contribution in [3.05, 3.63) is 93.2 Å². The second kappa shape index (κ2) is 7.85. The minimum absolute atomic E-state index is 0.0334. The van der Waals surface area contributed by atoms with Gasteiger partial charge in [-0.25, -0.2) is 4.79 Å². The number of aliphatic carboxylic acids is 2. The van der Waals surface area contributed by atoms with Crippen molar-refractivity contribution < 1.29 is 29.3 Å². The van der Waals surface area contributed by atoms with Gasteiger partial charge in [-0.2, -0.15) is 0 Å². The molecule has 1 heterocycles. The quantitative estimate of drug-likeness (QED) is 0.256. The summed E-state index contributed by atoms with van der Waals surface area (Å²) in [5.41, 5.74) is -0.461. The first-order chi connectivity index (χ1) is 16.6. The highest BCUT2D eigenvalue weighted by Crippen LogP contribution is 2.42. The fourth-order valence-corrected chi connectivity index (χ4v) is 4.41. The summed E-state index contributed by atoms with van der Waals surface area (Å²) in [7, 11) is 0. The second-order valence-electron chi connectivity index (χ2n) is 8.49. The molecule has 0 bridgehead atoms. The second-order valence-corrected chi connectivity index (χ2v) is 8.90. The molecule has 3 N–H and O–H groups in total. The van der Waals surface area contributed by atoms with E-state index in [1.807, 2.05) is 0 Å². The smallest absolute Gasteiger partial charge is 0.336 e. The van der Waals surface area contributed by atoms with Crippen molar-refractivity contribution in [2.75, 3.05) is 0 Å². The number of halogens is 1. The standard InChI is InChI=1S/C27H17ClO7/c1-27(26(33)34)8-6-16(17(7-9-27)25(31)32)23-18-4-2-13-10-14(29)3-5-15(13)24(18)35-22-12-21(30)20(28)11-19(22)23/h2-12,30H,1H3,(H,31,32)(H,33,34). The number of phenols is 1. The minimum Gasteiger partial charge on any atom is -0.506 e. The molecule has 0 amide bonds. The number of carboxylic acid groups (broad SMARTS) is 2. The Balaban J connectivity index is 2.00. The molecule has 0 spiro atoms. The predicted molar refractivity (Wildman–Crippen MR) is 133 cm³/mol. The van der Waals surface area contributed by atoms with Crippen LogP contribution in [0.5, 0.6) is 5.75 Å². The lowest BCUT2D eigenvalue weighted by atomic mass is 9.89. The molecule has 0 saturated heterocycles. The van der Waals surface area contributed by atoms with Gasteiger partial charge in [-0.1, -0.05) is 35.9 Å². The summed E-state index contributed by atoms with van der Waals surface area (Å²) in [6.07, 6.45) is 5.49. The number of fused-ring (bicyclic) bond motifs is 4. The van der Waals surface area contributed by atoms with E-state index >= 15 is 0 Å². The van der Waals surface area contributed by atoms with Gasteiger partial charge in [-0.3, -0.25) is 9.59 Å². The zero-order valence-corrected chi connectivity index (χ0v) is 19.0. The zero-order valence-electron chi connectivity index (χ0n) is 18.2. The summed E-state index contributed by atoms with van der Waals surface area (Å²) in [5, 5.41) is 32.2. The molecule has 3 aromatic carbocycles. The van der Waals surface area contributed by atoms with Gasteiger partial charge < -0.3 is 19.7 Å². The molecular formula is C27H17ClO7. The molecule has 35 heavy (non-hydrogen) atoms. The molecule has 5 rings (SSSR count). The van der Waals surface area contributed by atoms with Gasteiger partial charge in [0.1, 0.15) is 22.3 Å². The molecule has 0 aliphatic heterocycles. The van der Waals surface area contributed by atoms with Crippen molar-refractivity contribution in [2.45, 2.75) is 6.92 Å². The monoisotopic (exact) mass is 488 g/mol. The first-order valence-corrected chi connectivity index (χ1v) is 10.9. The Morgan fingerprint density at radius 2 is 1.66 bits per heavy atom. The Bertz CT molecular complexity index is 1760. The Labute approximate surface area is 202 Å². The molecule has 0 fully saturated rings. The molecule has 1 unspecified atom stereocenters. The van der Waals surface area contributed by atoms with E-state index in [2.05, 4.69) is 0 Å². The van der Waals surface area contributed by atoms with Crippen LogP contribution in [0.2, 0.25) is 5.02 Å². The summed E-state index contributed by atoms with van der Waals surface area (Å²) in [6.45, 7) is 1.46. The third-order valence-electron chi connectivity index (χ3n) is 6.18. The highest BCUT2D eigenvalue weighted by molar-refractivity contribution is 6.33. The molecule has 1 atom stereocenters. The molecule has 174 valence electrons. The Kier molecular flexibility index (Phi) is 5.03. The van der Waals surface area contributed by atoms with Gasteiger partial charge in [0.15, 0.2) is 5.43 Å². The molecule has 1 aliphatic carbocycles. The van der Waals surface area contributed by atoms with E-state index in [9.17, 15) is 29.7 Å². The van der Waals surface area contributed by atoms with Gasteiger partial charge in [0.05, 0.1) is 10.6 Å². The van der Waals surface area contributed by atoms with Crippen LogP contribution in [-0.2, 0) is 9.59 Å². The Morgan fingerprint density at radius 1 is 0.943 bits per heavy atom. The Morgan fingerprint density at radius 3 is 2.37 bits per heavy atom. The lowest BCUT2D eigenvalue weighted by Crippen LogP contribution is -2.22. The maximum atomic E-state index is 12.3. The fraction of sp³-hybridized carbons (Fsp3) is 0.0741.